The lowest BCUT2D eigenvalue weighted by Gasteiger charge is -2.29. The minimum absolute atomic E-state index is 0.428. The molecular weight excluding hydrogens is 174 g/mol. The Labute approximate surface area is 85.7 Å². The molecule has 0 amide bonds. The lowest BCUT2D eigenvalue weighted by molar-refractivity contribution is 0.312. The first-order valence-corrected chi connectivity index (χ1v) is 5.50. The number of aryl methyl sites for hydroxylation is 2. The number of hydrogen-bond donors (Lipinski definition) is 1. The second-order valence-electron chi connectivity index (χ2n) is 4.38. The van der Waals surface area contributed by atoms with Gasteiger partial charge in [-0.2, -0.15) is 0 Å². The van der Waals surface area contributed by atoms with Crippen molar-refractivity contribution in [2.24, 2.45) is 0 Å². The molecule has 1 unspecified atom stereocenters. The van der Waals surface area contributed by atoms with E-state index in [9.17, 15) is 0 Å². The molecule has 0 saturated heterocycles. The third-order valence-electron chi connectivity index (χ3n) is 3.14. The second kappa shape index (κ2) is 3.77. The van der Waals surface area contributed by atoms with Crippen molar-refractivity contribution in [2.45, 2.75) is 52.1 Å². The number of hydrogen-bond acceptors (Lipinski definition) is 2. The van der Waals surface area contributed by atoms with Gasteiger partial charge in [0.15, 0.2) is 0 Å². The molecule has 1 aliphatic rings. The molecule has 1 aromatic rings. The maximum absolute atomic E-state index is 5.53. The van der Waals surface area contributed by atoms with E-state index in [0.29, 0.717) is 6.04 Å². The van der Waals surface area contributed by atoms with E-state index in [0.717, 1.165) is 17.6 Å². The highest BCUT2D eigenvalue weighted by molar-refractivity contribution is 5.23. The van der Waals surface area contributed by atoms with Crippen molar-refractivity contribution in [3.8, 4) is 0 Å². The van der Waals surface area contributed by atoms with E-state index < -0.39 is 0 Å². The normalized spacial score (nSPS) is 19.4. The molecule has 1 aliphatic carbocycles. The summed E-state index contributed by atoms with van der Waals surface area (Å²) in [6.07, 6.45) is 4.05. The van der Waals surface area contributed by atoms with Crippen LogP contribution in [0.2, 0.25) is 0 Å². The van der Waals surface area contributed by atoms with Gasteiger partial charge >= 0.3 is 0 Å². The third kappa shape index (κ3) is 1.85. The Morgan fingerprint density at radius 2 is 2.14 bits per heavy atom. The molecule has 0 bridgehead atoms. The average Bonchev–Trinajstić information content (AvgIpc) is 2.37. The highest BCUT2D eigenvalue weighted by atomic mass is 16.3. The maximum atomic E-state index is 5.53. The molecule has 78 valence electrons. The number of furan rings is 1. The predicted molar refractivity (Wildman–Crippen MR) is 57.4 cm³/mol. The molecule has 14 heavy (non-hydrogen) atoms. The summed E-state index contributed by atoms with van der Waals surface area (Å²) >= 11 is 0. The van der Waals surface area contributed by atoms with Crippen molar-refractivity contribution in [3.05, 3.63) is 23.2 Å². The molecule has 1 saturated carbocycles. The highest BCUT2D eigenvalue weighted by Gasteiger charge is 2.21. The standard InChI is InChI=1S/C12H19NO/c1-8-7-12(10(3)14-8)9(2)13-11-5-4-6-11/h7,9,11,13H,4-6H2,1-3H3. The maximum Gasteiger partial charge on any atom is 0.105 e. The minimum atomic E-state index is 0.428. The van der Waals surface area contributed by atoms with E-state index >= 15 is 0 Å². The summed E-state index contributed by atoms with van der Waals surface area (Å²) in [4.78, 5) is 0. The van der Waals surface area contributed by atoms with Gasteiger partial charge in [0, 0.05) is 17.6 Å². The second-order valence-corrected chi connectivity index (χ2v) is 4.38. The van der Waals surface area contributed by atoms with Gasteiger partial charge < -0.3 is 9.73 Å². The Balaban J connectivity index is 2.02. The number of nitrogens with one attached hydrogen (secondary N) is 1. The molecule has 1 aromatic heterocycles. The van der Waals surface area contributed by atoms with Gasteiger partial charge in [0.05, 0.1) is 0 Å². The molecule has 2 heteroatoms. The van der Waals surface area contributed by atoms with Crippen LogP contribution >= 0.6 is 0 Å². The van der Waals surface area contributed by atoms with E-state index in [2.05, 4.69) is 18.3 Å². The van der Waals surface area contributed by atoms with E-state index in [-0.39, 0.29) is 0 Å². The molecule has 2 nitrogen and oxygen atoms in total. The molecule has 0 radical (unpaired) electrons. The van der Waals surface area contributed by atoms with Gasteiger partial charge in [-0.05, 0) is 39.7 Å². The zero-order valence-electron chi connectivity index (χ0n) is 9.26. The molecule has 1 atom stereocenters. The first-order chi connectivity index (χ1) is 6.66. The molecule has 2 rings (SSSR count). The molecule has 1 fully saturated rings. The van der Waals surface area contributed by atoms with E-state index in [1.54, 1.807) is 0 Å². The monoisotopic (exact) mass is 193 g/mol. The van der Waals surface area contributed by atoms with Gasteiger partial charge in [-0.15, -0.1) is 0 Å². The third-order valence-corrected chi connectivity index (χ3v) is 3.14. The van der Waals surface area contributed by atoms with Crippen LogP contribution in [0.5, 0.6) is 0 Å². The first kappa shape index (κ1) is 9.78. The lowest BCUT2D eigenvalue weighted by atomic mass is 9.92. The van der Waals surface area contributed by atoms with Gasteiger partial charge in [-0.1, -0.05) is 6.42 Å². The lowest BCUT2D eigenvalue weighted by Crippen LogP contribution is -2.36. The summed E-state index contributed by atoms with van der Waals surface area (Å²) in [5, 5.41) is 3.63. The Hall–Kier alpha value is -0.760. The van der Waals surface area contributed by atoms with Crippen LogP contribution in [0.15, 0.2) is 10.5 Å². The summed E-state index contributed by atoms with van der Waals surface area (Å²) in [5.41, 5.74) is 1.31. The zero-order chi connectivity index (χ0) is 10.1. The van der Waals surface area contributed by atoms with Crippen molar-refractivity contribution in [1.82, 2.24) is 5.32 Å². The molecule has 0 aliphatic heterocycles. The molecule has 1 heterocycles. The fourth-order valence-corrected chi connectivity index (χ4v) is 2.10. The summed E-state index contributed by atoms with van der Waals surface area (Å²) in [6, 6.07) is 3.31. The van der Waals surface area contributed by atoms with Crippen LogP contribution in [0.3, 0.4) is 0 Å². The summed E-state index contributed by atoms with van der Waals surface area (Å²) in [7, 11) is 0. The van der Waals surface area contributed by atoms with Crippen LogP contribution in [-0.2, 0) is 0 Å². The average molecular weight is 193 g/mol. The van der Waals surface area contributed by atoms with Gasteiger partial charge in [-0.3, -0.25) is 0 Å². The van der Waals surface area contributed by atoms with Gasteiger partial charge in [-0.25, -0.2) is 0 Å². The molecule has 0 spiro atoms. The van der Waals surface area contributed by atoms with Crippen LogP contribution < -0.4 is 5.32 Å². The van der Waals surface area contributed by atoms with Crippen LogP contribution in [-0.4, -0.2) is 6.04 Å². The van der Waals surface area contributed by atoms with Crippen LogP contribution in [0.1, 0.15) is 49.3 Å². The van der Waals surface area contributed by atoms with Gasteiger partial charge in [0.2, 0.25) is 0 Å². The van der Waals surface area contributed by atoms with Gasteiger partial charge in [0.1, 0.15) is 11.5 Å². The Morgan fingerprint density at radius 1 is 1.43 bits per heavy atom. The van der Waals surface area contributed by atoms with Crippen molar-refractivity contribution in [1.29, 1.82) is 0 Å². The predicted octanol–water partition coefficient (Wildman–Crippen LogP) is 3.10. The summed E-state index contributed by atoms with van der Waals surface area (Å²) in [5.74, 6) is 2.07. The van der Waals surface area contributed by atoms with Crippen molar-refractivity contribution in [2.75, 3.05) is 0 Å². The fourth-order valence-electron chi connectivity index (χ4n) is 2.10. The largest absolute Gasteiger partial charge is 0.466 e. The highest BCUT2D eigenvalue weighted by Crippen LogP contribution is 2.25. The molecule has 0 aromatic carbocycles. The fraction of sp³-hybridized carbons (Fsp3) is 0.667. The molecular formula is C12H19NO. The summed E-state index contributed by atoms with van der Waals surface area (Å²) in [6.45, 7) is 6.27. The molecule has 1 N–H and O–H groups in total. The smallest absolute Gasteiger partial charge is 0.105 e. The SMILES string of the molecule is Cc1cc(C(C)NC2CCC2)c(C)o1. The zero-order valence-corrected chi connectivity index (χ0v) is 9.26. The topological polar surface area (TPSA) is 25.2 Å². The van der Waals surface area contributed by atoms with Crippen LogP contribution in [0.25, 0.3) is 0 Å². The Bertz CT molecular complexity index is 312. The Morgan fingerprint density at radius 3 is 2.57 bits per heavy atom. The van der Waals surface area contributed by atoms with E-state index in [1.165, 1.54) is 24.8 Å². The van der Waals surface area contributed by atoms with Crippen molar-refractivity contribution < 1.29 is 4.42 Å². The van der Waals surface area contributed by atoms with Gasteiger partial charge in [0.25, 0.3) is 0 Å². The Kier molecular flexibility index (Phi) is 2.64. The van der Waals surface area contributed by atoms with Crippen molar-refractivity contribution in [3.63, 3.8) is 0 Å². The first-order valence-electron chi connectivity index (χ1n) is 5.50. The van der Waals surface area contributed by atoms with Crippen LogP contribution in [0, 0.1) is 13.8 Å². The van der Waals surface area contributed by atoms with Crippen molar-refractivity contribution >= 4 is 0 Å². The van der Waals surface area contributed by atoms with E-state index in [4.69, 9.17) is 4.42 Å². The van der Waals surface area contributed by atoms with Crippen LogP contribution in [0.4, 0.5) is 0 Å². The number of rotatable bonds is 3. The van der Waals surface area contributed by atoms with E-state index in [1.807, 2.05) is 13.8 Å². The summed E-state index contributed by atoms with van der Waals surface area (Å²) < 4.78 is 5.53. The quantitative estimate of drug-likeness (QED) is 0.798. The minimum Gasteiger partial charge on any atom is -0.466 e.